The molecule has 24 heavy (non-hydrogen) atoms. The van der Waals surface area contributed by atoms with E-state index in [2.05, 4.69) is 5.32 Å². The number of rotatable bonds is 4. The van der Waals surface area contributed by atoms with Gasteiger partial charge in [0.25, 0.3) is 5.91 Å². The minimum absolute atomic E-state index is 0.0895. The summed E-state index contributed by atoms with van der Waals surface area (Å²) in [6.45, 7) is 2.62. The van der Waals surface area contributed by atoms with Crippen molar-refractivity contribution in [1.29, 1.82) is 0 Å². The Bertz CT molecular complexity index is 804. The predicted molar refractivity (Wildman–Crippen MR) is 91.5 cm³/mol. The lowest BCUT2D eigenvalue weighted by molar-refractivity contribution is 0.0988. The van der Waals surface area contributed by atoms with E-state index in [1.165, 1.54) is 0 Å². The summed E-state index contributed by atoms with van der Waals surface area (Å²) >= 11 is 5.92. The second-order valence-corrected chi connectivity index (χ2v) is 5.72. The van der Waals surface area contributed by atoms with Crippen molar-refractivity contribution in [2.24, 2.45) is 0 Å². The smallest absolute Gasteiger partial charge is 0.255 e. The van der Waals surface area contributed by atoms with Crippen molar-refractivity contribution in [3.8, 4) is 11.5 Å². The van der Waals surface area contributed by atoms with Gasteiger partial charge in [-0.3, -0.25) is 9.59 Å². The van der Waals surface area contributed by atoms with Gasteiger partial charge in [0, 0.05) is 28.6 Å². The quantitative estimate of drug-likeness (QED) is 0.852. The Morgan fingerprint density at radius 1 is 1.12 bits per heavy atom. The number of ketones is 1. The third-order valence-electron chi connectivity index (χ3n) is 3.64. The highest BCUT2D eigenvalue weighted by atomic mass is 35.5. The molecule has 1 aliphatic heterocycles. The molecule has 0 aliphatic carbocycles. The van der Waals surface area contributed by atoms with Crippen LogP contribution in [0.2, 0.25) is 5.02 Å². The van der Waals surface area contributed by atoms with E-state index in [9.17, 15) is 9.59 Å². The first-order valence-electron chi connectivity index (χ1n) is 7.62. The van der Waals surface area contributed by atoms with E-state index >= 15 is 0 Å². The minimum atomic E-state index is -0.348. The number of anilines is 1. The SMILES string of the molecule is CCC(=O)c1cc2c(cc1NC(=O)c1cccc(Cl)c1)OCCO2. The van der Waals surface area contributed by atoms with Crippen LogP contribution in [0.5, 0.6) is 11.5 Å². The normalized spacial score (nSPS) is 12.6. The molecule has 1 heterocycles. The number of fused-ring (bicyclic) bond motifs is 1. The molecule has 6 heteroatoms. The molecule has 0 bridgehead atoms. The van der Waals surface area contributed by atoms with Gasteiger partial charge in [0.05, 0.1) is 5.69 Å². The van der Waals surface area contributed by atoms with Gasteiger partial charge < -0.3 is 14.8 Å². The lowest BCUT2D eigenvalue weighted by atomic mass is 10.0. The molecule has 2 aromatic rings. The van der Waals surface area contributed by atoms with Crippen molar-refractivity contribution in [3.63, 3.8) is 0 Å². The fourth-order valence-electron chi connectivity index (χ4n) is 2.44. The lowest BCUT2D eigenvalue weighted by Crippen LogP contribution is -2.18. The average molecular weight is 346 g/mol. The van der Waals surface area contributed by atoms with E-state index in [4.69, 9.17) is 21.1 Å². The zero-order chi connectivity index (χ0) is 17.1. The number of carbonyl (C=O) groups is 2. The first-order chi connectivity index (χ1) is 11.6. The summed E-state index contributed by atoms with van der Waals surface area (Å²) in [5.41, 5.74) is 1.21. The predicted octanol–water partition coefficient (Wildman–Crippen LogP) is 3.96. The summed E-state index contributed by atoms with van der Waals surface area (Å²) in [4.78, 5) is 24.7. The highest BCUT2D eigenvalue weighted by Crippen LogP contribution is 2.36. The van der Waals surface area contributed by atoms with Crippen LogP contribution in [0.3, 0.4) is 0 Å². The van der Waals surface area contributed by atoms with Crippen LogP contribution < -0.4 is 14.8 Å². The van der Waals surface area contributed by atoms with Crippen molar-refractivity contribution in [1.82, 2.24) is 0 Å². The Balaban J connectivity index is 1.96. The van der Waals surface area contributed by atoms with Gasteiger partial charge in [0.15, 0.2) is 17.3 Å². The van der Waals surface area contributed by atoms with Gasteiger partial charge in [-0.2, -0.15) is 0 Å². The Morgan fingerprint density at radius 2 is 1.83 bits per heavy atom. The van der Waals surface area contributed by atoms with Crippen LogP contribution in [-0.2, 0) is 0 Å². The Labute approximate surface area is 144 Å². The standard InChI is InChI=1S/C18H16ClNO4/c1-2-15(21)13-9-16-17(24-7-6-23-16)10-14(13)20-18(22)11-4-3-5-12(19)8-11/h3-5,8-10H,2,6-7H2,1H3,(H,20,22). The van der Waals surface area contributed by atoms with Crippen LogP contribution in [-0.4, -0.2) is 24.9 Å². The van der Waals surface area contributed by atoms with Crippen molar-refractivity contribution in [3.05, 3.63) is 52.5 Å². The monoisotopic (exact) mass is 345 g/mol. The fraction of sp³-hybridized carbons (Fsp3) is 0.222. The number of carbonyl (C=O) groups excluding carboxylic acids is 2. The molecule has 1 aliphatic rings. The average Bonchev–Trinajstić information content (AvgIpc) is 2.60. The van der Waals surface area contributed by atoms with E-state index in [0.717, 1.165) is 0 Å². The van der Waals surface area contributed by atoms with Crippen molar-refractivity contribution in [2.45, 2.75) is 13.3 Å². The molecule has 1 N–H and O–H groups in total. The maximum atomic E-state index is 12.4. The van der Waals surface area contributed by atoms with E-state index in [1.54, 1.807) is 43.3 Å². The number of hydrogen-bond donors (Lipinski definition) is 1. The van der Waals surface area contributed by atoms with Crippen LogP contribution >= 0.6 is 11.6 Å². The van der Waals surface area contributed by atoms with Gasteiger partial charge in [-0.05, 0) is 24.3 Å². The molecular formula is C18H16ClNO4. The molecule has 0 aromatic heterocycles. The maximum Gasteiger partial charge on any atom is 0.255 e. The second kappa shape index (κ2) is 6.93. The molecule has 0 fully saturated rings. The first kappa shape index (κ1) is 16.3. The van der Waals surface area contributed by atoms with Crippen LogP contribution in [0.1, 0.15) is 34.1 Å². The Hall–Kier alpha value is -2.53. The van der Waals surface area contributed by atoms with Gasteiger partial charge in [0.2, 0.25) is 0 Å². The number of amides is 1. The third kappa shape index (κ3) is 3.36. The third-order valence-corrected chi connectivity index (χ3v) is 3.87. The van der Waals surface area contributed by atoms with Gasteiger partial charge in [-0.25, -0.2) is 0 Å². The van der Waals surface area contributed by atoms with Crippen molar-refractivity contribution >= 4 is 29.0 Å². The zero-order valence-electron chi connectivity index (χ0n) is 13.1. The molecule has 0 unspecified atom stereocenters. The maximum absolute atomic E-state index is 12.4. The van der Waals surface area contributed by atoms with Crippen LogP contribution in [0.15, 0.2) is 36.4 Å². The Morgan fingerprint density at radius 3 is 2.50 bits per heavy atom. The van der Waals surface area contributed by atoms with Gasteiger partial charge in [0.1, 0.15) is 13.2 Å². The molecule has 1 amide bonds. The highest BCUT2D eigenvalue weighted by Gasteiger charge is 2.20. The number of Topliss-reactive ketones (excluding diaryl/α,β-unsaturated/α-hetero) is 1. The van der Waals surface area contributed by atoms with Crippen LogP contribution in [0, 0.1) is 0 Å². The van der Waals surface area contributed by atoms with E-state index in [0.29, 0.717) is 53.0 Å². The molecule has 2 aromatic carbocycles. The van der Waals surface area contributed by atoms with Crippen LogP contribution in [0.4, 0.5) is 5.69 Å². The summed E-state index contributed by atoms with van der Waals surface area (Å²) in [7, 11) is 0. The fourth-order valence-corrected chi connectivity index (χ4v) is 2.63. The van der Waals surface area contributed by atoms with E-state index < -0.39 is 0 Å². The molecule has 0 atom stereocenters. The number of ether oxygens (including phenoxy) is 2. The topological polar surface area (TPSA) is 64.6 Å². The lowest BCUT2D eigenvalue weighted by Gasteiger charge is -2.21. The molecular weight excluding hydrogens is 330 g/mol. The summed E-state index contributed by atoms with van der Waals surface area (Å²) < 4.78 is 11.0. The Kier molecular flexibility index (Phi) is 4.71. The van der Waals surface area contributed by atoms with Crippen molar-refractivity contribution in [2.75, 3.05) is 18.5 Å². The summed E-state index contributed by atoms with van der Waals surface area (Å²) in [6, 6.07) is 9.85. The second-order valence-electron chi connectivity index (χ2n) is 5.28. The zero-order valence-corrected chi connectivity index (χ0v) is 13.9. The molecule has 0 spiro atoms. The number of halogens is 1. The molecule has 5 nitrogen and oxygen atoms in total. The number of benzene rings is 2. The number of hydrogen-bond acceptors (Lipinski definition) is 4. The van der Waals surface area contributed by atoms with Crippen molar-refractivity contribution < 1.29 is 19.1 Å². The van der Waals surface area contributed by atoms with Gasteiger partial charge in [-0.15, -0.1) is 0 Å². The number of nitrogens with one attached hydrogen (secondary N) is 1. The molecule has 124 valence electrons. The minimum Gasteiger partial charge on any atom is -0.486 e. The van der Waals surface area contributed by atoms with Crippen LogP contribution in [0.25, 0.3) is 0 Å². The molecule has 3 rings (SSSR count). The largest absolute Gasteiger partial charge is 0.486 e. The van der Waals surface area contributed by atoms with E-state index in [1.807, 2.05) is 0 Å². The highest BCUT2D eigenvalue weighted by molar-refractivity contribution is 6.31. The summed E-state index contributed by atoms with van der Waals surface area (Å²) in [5, 5.41) is 3.23. The van der Waals surface area contributed by atoms with Gasteiger partial charge >= 0.3 is 0 Å². The first-order valence-corrected chi connectivity index (χ1v) is 8.00. The molecule has 0 saturated heterocycles. The van der Waals surface area contributed by atoms with E-state index in [-0.39, 0.29) is 11.7 Å². The summed E-state index contributed by atoms with van der Waals surface area (Å²) in [5.74, 6) is 0.585. The molecule has 0 saturated carbocycles. The molecule has 0 radical (unpaired) electrons. The van der Waals surface area contributed by atoms with Gasteiger partial charge in [-0.1, -0.05) is 24.6 Å². The summed E-state index contributed by atoms with van der Waals surface area (Å²) in [6.07, 6.45) is 0.319.